The highest BCUT2D eigenvalue weighted by atomic mass is 19.4. The Bertz CT molecular complexity index is 267. The highest BCUT2D eigenvalue weighted by Crippen LogP contribution is 2.37. The van der Waals surface area contributed by atoms with Crippen molar-refractivity contribution in [3.8, 4) is 0 Å². The number of hydrogen-bond donors (Lipinski definition) is 2. The first-order valence-electron chi connectivity index (χ1n) is 4.51. The molecule has 7 heteroatoms. The minimum atomic E-state index is -4.71. The van der Waals surface area contributed by atoms with E-state index in [2.05, 4.69) is 0 Å². The van der Waals surface area contributed by atoms with Gasteiger partial charge in [-0.3, -0.25) is 4.79 Å². The van der Waals surface area contributed by atoms with E-state index in [1.807, 2.05) is 0 Å². The molecule has 0 aromatic heterocycles. The number of nitrogens with zero attached hydrogens (tertiary/aromatic N) is 1. The number of alkyl halides is 3. The molecule has 4 nitrogen and oxygen atoms in total. The van der Waals surface area contributed by atoms with Gasteiger partial charge in [-0.05, 0) is 6.92 Å². The Hall–Kier alpha value is -0.820. The molecular formula is C8H13F3N2O2. The van der Waals surface area contributed by atoms with Crippen molar-refractivity contribution in [3.63, 3.8) is 0 Å². The number of β-amino-alcohol motifs (C(OH)–C–C–N with tert-alkyl or cyclic N) is 1. The maximum atomic E-state index is 12.4. The second-order valence-corrected chi connectivity index (χ2v) is 3.83. The summed E-state index contributed by atoms with van der Waals surface area (Å²) >= 11 is 0. The smallest absolute Gasteiger partial charge is 0.379 e. The van der Waals surface area contributed by atoms with Gasteiger partial charge in [-0.25, -0.2) is 0 Å². The third-order valence-corrected chi connectivity index (χ3v) is 2.48. The number of likely N-dealkylation sites (tertiary alicyclic amines) is 1. The SMILES string of the molecule is CC(N)C(=O)N1CCC(O)(C(F)(F)F)C1. The normalized spacial score (nSPS) is 29.3. The van der Waals surface area contributed by atoms with Crippen molar-refractivity contribution in [1.82, 2.24) is 4.90 Å². The number of nitrogens with two attached hydrogens (primary N) is 1. The van der Waals surface area contributed by atoms with E-state index < -0.39 is 36.7 Å². The zero-order valence-electron chi connectivity index (χ0n) is 8.21. The maximum Gasteiger partial charge on any atom is 0.419 e. The summed E-state index contributed by atoms with van der Waals surface area (Å²) in [5, 5.41) is 9.27. The van der Waals surface area contributed by atoms with Gasteiger partial charge in [0, 0.05) is 13.0 Å². The number of hydrogen-bond acceptors (Lipinski definition) is 3. The molecule has 0 aliphatic carbocycles. The third-order valence-electron chi connectivity index (χ3n) is 2.48. The molecule has 0 spiro atoms. The summed E-state index contributed by atoms with van der Waals surface area (Å²) < 4.78 is 37.1. The molecule has 0 aromatic rings. The molecule has 1 aliphatic rings. The van der Waals surface area contributed by atoms with E-state index >= 15 is 0 Å². The molecule has 0 saturated carbocycles. The fourth-order valence-corrected chi connectivity index (χ4v) is 1.50. The van der Waals surface area contributed by atoms with Crippen LogP contribution in [0.5, 0.6) is 0 Å². The molecule has 2 atom stereocenters. The monoisotopic (exact) mass is 226 g/mol. The van der Waals surface area contributed by atoms with Crippen LogP contribution in [0.2, 0.25) is 0 Å². The molecule has 1 fully saturated rings. The van der Waals surface area contributed by atoms with Crippen LogP contribution in [-0.4, -0.2) is 46.8 Å². The molecule has 0 bridgehead atoms. The Labute approximate surface area is 84.8 Å². The zero-order chi connectivity index (χ0) is 11.9. The Morgan fingerprint density at radius 2 is 2.13 bits per heavy atom. The van der Waals surface area contributed by atoms with Crippen molar-refractivity contribution < 1.29 is 23.1 Å². The van der Waals surface area contributed by atoms with E-state index in [-0.39, 0.29) is 6.54 Å². The van der Waals surface area contributed by atoms with Gasteiger partial charge in [-0.1, -0.05) is 0 Å². The van der Waals surface area contributed by atoms with Gasteiger partial charge in [-0.15, -0.1) is 0 Å². The molecule has 1 heterocycles. The zero-order valence-corrected chi connectivity index (χ0v) is 8.21. The van der Waals surface area contributed by atoms with Crippen molar-refractivity contribution in [3.05, 3.63) is 0 Å². The molecule has 1 rings (SSSR count). The van der Waals surface area contributed by atoms with Gasteiger partial charge in [0.1, 0.15) is 0 Å². The number of amides is 1. The molecule has 0 aromatic carbocycles. The largest absolute Gasteiger partial charge is 0.419 e. The summed E-state index contributed by atoms with van der Waals surface area (Å²) in [5.74, 6) is -0.574. The Morgan fingerprint density at radius 1 is 1.60 bits per heavy atom. The first-order chi connectivity index (χ1) is 6.67. The topological polar surface area (TPSA) is 66.6 Å². The first-order valence-corrected chi connectivity index (χ1v) is 4.51. The number of carbonyl (C=O) groups is 1. The molecule has 0 radical (unpaired) electrons. The minimum absolute atomic E-state index is 0.115. The van der Waals surface area contributed by atoms with E-state index in [1.54, 1.807) is 0 Å². The number of carbonyl (C=O) groups excluding carboxylic acids is 1. The Balaban J connectivity index is 2.71. The molecule has 15 heavy (non-hydrogen) atoms. The van der Waals surface area contributed by atoms with Gasteiger partial charge < -0.3 is 15.7 Å². The van der Waals surface area contributed by atoms with E-state index in [4.69, 9.17) is 5.73 Å². The van der Waals surface area contributed by atoms with Gasteiger partial charge in [0.2, 0.25) is 5.91 Å². The summed E-state index contributed by atoms with van der Waals surface area (Å²) in [6, 6.07) is -0.847. The summed E-state index contributed by atoms with van der Waals surface area (Å²) in [6.07, 6.45) is -5.20. The molecule has 2 unspecified atom stereocenters. The van der Waals surface area contributed by atoms with Crippen LogP contribution in [0.4, 0.5) is 13.2 Å². The van der Waals surface area contributed by atoms with Crippen molar-refractivity contribution in [2.75, 3.05) is 13.1 Å². The van der Waals surface area contributed by atoms with Crippen LogP contribution in [0.25, 0.3) is 0 Å². The third kappa shape index (κ3) is 2.23. The van der Waals surface area contributed by atoms with E-state index in [1.165, 1.54) is 6.92 Å². The second kappa shape index (κ2) is 3.64. The Kier molecular flexibility index (Phi) is 2.97. The predicted molar refractivity (Wildman–Crippen MR) is 45.9 cm³/mol. The fourth-order valence-electron chi connectivity index (χ4n) is 1.50. The second-order valence-electron chi connectivity index (χ2n) is 3.83. The molecule has 1 aliphatic heterocycles. The van der Waals surface area contributed by atoms with Crippen LogP contribution < -0.4 is 5.73 Å². The van der Waals surface area contributed by atoms with E-state index in [9.17, 15) is 23.1 Å². The highest BCUT2D eigenvalue weighted by molar-refractivity contribution is 5.81. The van der Waals surface area contributed by atoms with Crippen LogP contribution in [0.3, 0.4) is 0 Å². The van der Waals surface area contributed by atoms with Crippen molar-refractivity contribution in [2.45, 2.75) is 31.2 Å². The molecule has 1 saturated heterocycles. The molecular weight excluding hydrogens is 213 g/mol. The van der Waals surface area contributed by atoms with Crippen molar-refractivity contribution in [1.29, 1.82) is 0 Å². The van der Waals surface area contributed by atoms with Gasteiger partial charge in [-0.2, -0.15) is 13.2 Å². The van der Waals surface area contributed by atoms with Gasteiger partial charge >= 0.3 is 6.18 Å². The van der Waals surface area contributed by atoms with E-state index in [0.717, 1.165) is 4.90 Å². The van der Waals surface area contributed by atoms with Gasteiger partial charge in [0.15, 0.2) is 5.60 Å². The first kappa shape index (κ1) is 12.3. The van der Waals surface area contributed by atoms with Crippen molar-refractivity contribution >= 4 is 5.91 Å². The van der Waals surface area contributed by atoms with Crippen LogP contribution in [0, 0.1) is 0 Å². The summed E-state index contributed by atoms with van der Waals surface area (Å²) in [7, 11) is 0. The summed E-state index contributed by atoms with van der Waals surface area (Å²) in [4.78, 5) is 12.2. The van der Waals surface area contributed by atoms with Gasteiger partial charge in [0.05, 0.1) is 12.6 Å². The average molecular weight is 226 g/mol. The van der Waals surface area contributed by atoms with Crippen LogP contribution in [-0.2, 0) is 4.79 Å². The van der Waals surface area contributed by atoms with E-state index in [0.29, 0.717) is 0 Å². The summed E-state index contributed by atoms with van der Waals surface area (Å²) in [6.45, 7) is 0.556. The fraction of sp³-hybridized carbons (Fsp3) is 0.875. The standard InChI is InChI=1S/C8H13F3N2O2/c1-5(12)6(14)13-3-2-7(15,4-13)8(9,10)11/h5,15H,2-4,12H2,1H3. The predicted octanol–water partition coefficient (Wildman–Crippen LogP) is -0.141. The van der Waals surface area contributed by atoms with Crippen LogP contribution in [0.1, 0.15) is 13.3 Å². The highest BCUT2D eigenvalue weighted by Gasteiger charge is 2.57. The minimum Gasteiger partial charge on any atom is -0.379 e. The number of halogens is 3. The lowest BCUT2D eigenvalue weighted by Gasteiger charge is -2.26. The maximum absolute atomic E-state index is 12.4. The number of rotatable bonds is 1. The van der Waals surface area contributed by atoms with Crippen molar-refractivity contribution in [2.24, 2.45) is 5.73 Å². The lowest BCUT2D eigenvalue weighted by molar-refractivity contribution is -0.253. The molecule has 3 N–H and O–H groups in total. The average Bonchev–Trinajstić information content (AvgIpc) is 2.46. The Morgan fingerprint density at radius 3 is 2.47 bits per heavy atom. The molecule has 1 amide bonds. The lowest BCUT2D eigenvalue weighted by atomic mass is 10.0. The number of aliphatic hydroxyl groups is 1. The van der Waals surface area contributed by atoms with Gasteiger partial charge in [0.25, 0.3) is 0 Å². The summed E-state index contributed by atoms with van der Waals surface area (Å²) in [5.41, 5.74) is 2.48. The lowest BCUT2D eigenvalue weighted by Crippen LogP contribution is -2.49. The van der Waals surface area contributed by atoms with Crippen LogP contribution >= 0.6 is 0 Å². The molecule has 88 valence electrons. The quantitative estimate of drug-likeness (QED) is 0.654. The van der Waals surface area contributed by atoms with Crippen LogP contribution in [0.15, 0.2) is 0 Å².